The van der Waals surface area contributed by atoms with Crippen molar-refractivity contribution < 1.29 is 9.84 Å². The molecule has 2 rings (SSSR count). The molecular formula is C13H16N2O2. The zero-order valence-corrected chi connectivity index (χ0v) is 9.78. The topological polar surface area (TPSA) is 47.3 Å². The van der Waals surface area contributed by atoms with Gasteiger partial charge in [0.25, 0.3) is 0 Å². The number of nitrogens with zero attached hydrogens (tertiary/aromatic N) is 2. The molecule has 90 valence electrons. The standard InChI is InChI=1S/C13H16N2O2/c1-2-17-10-13(16)12-8-9-15(14-12)11-6-4-3-5-7-11/h3-9,13,16H,2,10H2,1H3. The number of hydrogen-bond donors (Lipinski definition) is 1. The summed E-state index contributed by atoms with van der Waals surface area (Å²) in [6, 6.07) is 11.6. The monoisotopic (exact) mass is 232 g/mol. The van der Waals surface area contributed by atoms with Gasteiger partial charge in [0.05, 0.1) is 18.0 Å². The lowest BCUT2D eigenvalue weighted by Gasteiger charge is -2.07. The molecule has 1 N–H and O–H groups in total. The molecule has 0 fully saturated rings. The molecular weight excluding hydrogens is 216 g/mol. The largest absolute Gasteiger partial charge is 0.384 e. The lowest BCUT2D eigenvalue weighted by atomic mass is 10.3. The first kappa shape index (κ1) is 11.8. The van der Waals surface area contributed by atoms with Gasteiger partial charge in [-0.3, -0.25) is 0 Å². The second kappa shape index (κ2) is 5.61. The predicted molar refractivity (Wildman–Crippen MR) is 65.0 cm³/mol. The number of aliphatic hydroxyl groups excluding tert-OH is 1. The number of ether oxygens (including phenoxy) is 1. The fraction of sp³-hybridized carbons (Fsp3) is 0.308. The zero-order valence-electron chi connectivity index (χ0n) is 9.78. The minimum Gasteiger partial charge on any atom is -0.384 e. The first-order valence-corrected chi connectivity index (χ1v) is 5.68. The van der Waals surface area contributed by atoms with E-state index in [1.165, 1.54) is 0 Å². The number of hydrogen-bond acceptors (Lipinski definition) is 3. The molecule has 0 aliphatic rings. The molecule has 4 nitrogen and oxygen atoms in total. The van der Waals surface area contributed by atoms with E-state index in [1.54, 1.807) is 10.7 Å². The SMILES string of the molecule is CCOCC(O)c1ccn(-c2ccccc2)n1. The van der Waals surface area contributed by atoms with Crippen molar-refractivity contribution in [1.82, 2.24) is 9.78 Å². The van der Waals surface area contributed by atoms with Gasteiger partial charge in [0.1, 0.15) is 6.10 Å². The van der Waals surface area contributed by atoms with Crippen molar-refractivity contribution in [2.45, 2.75) is 13.0 Å². The minimum absolute atomic E-state index is 0.280. The summed E-state index contributed by atoms with van der Waals surface area (Å²) < 4.78 is 6.91. The van der Waals surface area contributed by atoms with Crippen LogP contribution in [0.3, 0.4) is 0 Å². The molecule has 1 heterocycles. The molecule has 0 saturated carbocycles. The number of aromatic nitrogens is 2. The van der Waals surface area contributed by atoms with Gasteiger partial charge in [-0.2, -0.15) is 5.10 Å². The molecule has 1 unspecified atom stereocenters. The summed E-state index contributed by atoms with van der Waals surface area (Å²) in [6.45, 7) is 2.77. The van der Waals surface area contributed by atoms with Crippen LogP contribution in [0.15, 0.2) is 42.6 Å². The summed E-state index contributed by atoms with van der Waals surface area (Å²) in [5, 5.41) is 14.1. The number of rotatable bonds is 5. The van der Waals surface area contributed by atoms with Gasteiger partial charge >= 0.3 is 0 Å². The molecule has 0 amide bonds. The highest BCUT2D eigenvalue weighted by Crippen LogP contribution is 2.13. The summed E-state index contributed by atoms with van der Waals surface area (Å²) in [6.07, 6.45) is 1.17. The fourth-order valence-corrected chi connectivity index (χ4v) is 1.56. The van der Waals surface area contributed by atoms with E-state index in [1.807, 2.05) is 43.5 Å². The van der Waals surface area contributed by atoms with Crippen molar-refractivity contribution in [3.8, 4) is 5.69 Å². The van der Waals surface area contributed by atoms with E-state index >= 15 is 0 Å². The number of para-hydroxylation sites is 1. The van der Waals surface area contributed by atoms with Crippen LogP contribution in [0.25, 0.3) is 5.69 Å². The fourth-order valence-electron chi connectivity index (χ4n) is 1.56. The lowest BCUT2D eigenvalue weighted by Crippen LogP contribution is -2.08. The Morgan fingerprint density at radius 1 is 1.29 bits per heavy atom. The summed E-state index contributed by atoms with van der Waals surface area (Å²) in [5.74, 6) is 0. The molecule has 0 radical (unpaired) electrons. The summed E-state index contributed by atoms with van der Waals surface area (Å²) in [5.41, 5.74) is 1.60. The highest BCUT2D eigenvalue weighted by Gasteiger charge is 2.11. The maximum atomic E-state index is 9.81. The Hall–Kier alpha value is -1.65. The second-order valence-corrected chi connectivity index (χ2v) is 3.70. The molecule has 4 heteroatoms. The first-order valence-electron chi connectivity index (χ1n) is 5.68. The van der Waals surface area contributed by atoms with E-state index in [2.05, 4.69) is 5.10 Å². The summed E-state index contributed by atoms with van der Waals surface area (Å²) >= 11 is 0. The van der Waals surface area contributed by atoms with E-state index < -0.39 is 6.10 Å². The highest BCUT2D eigenvalue weighted by molar-refractivity contribution is 5.30. The van der Waals surface area contributed by atoms with Crippen molar-refractivity contribution in [2.24, 2.45) is 0 Å². The number of benzene rings is 1. The van der Waals surface area contributed by atoms with Gasteiger partial charge in [-0.05, 0) is 25.1 Å². The number of aliphatic hydroxyl groups is 1. The van der Waals surface area contributed by atoms with Gasteiger partial charge < -0.3 is 9.84 Å². The van der Waals surface area contributed by atoms with E-state index in [0.29, 0.717) is 12.3 Å². The van der Waals surface area contributed by atoms with Crippen LogP contribution in [-0.2, 0) is 4.74 Å². The molecule has 0 saturated heterocycles. The first-order chi connectivity index (χ1) is 8.31. The molecule has 2 aromatic rings. The Morgan fingerprint density at radius 3 is 2.76 bits per heavy atom. The highest BCUT2D eigenvalue weighted by atomic mass is 16.5. The van der Waals surface area contributed by atoms with Crippen molar-refractivity contribution in [3.05, 3.63) is 48.3 Å². The molecule has 0 aliphatic carbocycles. The van der Waals surface area contributed by atoms with Crippen LogP contribution in [0.4, 0.5) is 0 Å². The van der Waals surface area contributed by atoms with Crippen LogP contribution in [0.1, 0.15) is 18.7 Å². The molecule has 1 aromatic heterocycles. The lowest BCUT2D eigenvalue weighted by molar-refractivity contribution is 0.0396. The smallest absolute Gasteiger partial charge is 0.121 e. The van der Waals surface area contributed by atoms with Crippen LogP contribution in [0, 0.1) is 0 Å². The predicted octanol–water partition coefficient (Wildman–Crippen LogP) is 1.94. The summed E-state index contributed by atoms with van der Waals surface area (Å²) in [7, 11) is 0. The van der Waals surface area contributed by atoms with Gasteiger partial charge in [0.2, 0.25) is 0 Å². The third-order valence-electron chi connectivity index (χ3n) is 2.45. The third-order valence-corrected chi connectivity index (χ3v) is 2.45. The van der Waals surface area contributed by atoms with E-state index in [-0.39, 0.29) is 6.61 Å². The Morgan fingerprint density at radius 2 is 2.06 bits per heavy atom. The molecule has 0 spiro atoms. The van der Waals surface area contributed by atoms with Crippen LogP contribution in [0.5, 0.6) is 0 Å². The van der Waals surface area contributed by atoms with Gasteiger partial charge in [0, 0.05) is 12.8 Å². The van der Waals surface area contributed by atoms with Crippen molar-refractivity contribution >= 4 is 0 Å². The average molecular weight is 232 g/mol. The van der Waals surface area contributed by atoms with Gasteiger partial charge in [-0.15, -0.1) is 0 Å². The Kier molecular flexibility index (Phi) is 3.90. The van der Waals surface area contributed by atoms with E-state index in [4.69, 9.17) is 4.74 Å². The average Bonchev–Trinajstić information content (AvgIpc) is 2.86. The molecule has 1 atom stereocenters. The van der Waals surface area contributed by atoms with Crippen molar-refractivity contribution in [2.75, 3.05) is 13.2 Å². The maximum Gasteiger partial charge on any atom is 0.121 e. The summed E-state index contributed by atoms with van der Waals surface area (Å²) in [4.78, 5) is 0. The Bertz CT molecular complexity index is 453. The van der Waals surface area contributed by atoms with Crippen LogP contribution >= 0.6 is 0 Å². The van der Waals surface area contributed by atoms with Crippen LogP contribution in [0.2, 0.25) is 0 Å². The van der Waals surface area contributed by atoms with Crippen LogP contribution in [-0.4, -0.2) is 28.1 Å². The van der Waals surface area contributed by atoms with Gasteiger partial charge in [0.15, 0.2) is 0 Å². The maximum absolute atomic E-state index is 9.81. The van der Waals surface area contributed by atoms with E-state index in [9.17, 15) is 5.11 Å². The molecule has 0 bridgehead atoms. The Balaban J connectivity index is 2.11. The quantitative estimate of drug-likeness (QED) is 0.857. The Labute approximate surface area is 100 Å². The second-order valence-electron chi connectivity index (χ2n) is 3.70. The molecule has 1 aromatic carbocycles. The van der Waals surface area contributed by atoms with Crippen molar-refractivity contribution in [1.29, 1.82) is 0 Å². The van der Waals surface area contributed by atoms with Gasteiger partial charge in [-0.1, -0.05) is 18.2 Å². The minimum atomic E-state index is -0.667. The van der Waals surface area contributed by atoms with Crippen LogP contribution < -0.4 is 0 Å². The zero-order chi connectivity index (χ0) is 12.1. The van der Waals surface area contributed by atoms with E-state index in [0.717, 1.165) is 5.69 Å². The van der Waals surface area contributed by atoms with Crippen molar-refractivity contribution in [3.63, 3.8) is 0 Å². The molecule has 0 aliphatic heterocycles. The third kappa shape index (κ3) is 2.93. The van der Waals surface area contributed by atoms with Gasteiger partial charge in [-0.25, -0.2) is 4.68 Å². The molecule has 17 heavy (non-hydrogen) atoms. The normalized spacial score (nSPS) is 12.6.